The molecule has 1 aliphatic rings. The Labute approximate surface area is 132 Å². The number of rotatable bonds is 8. The molecule has 3 N–H and O–H groups in total. The van der Waals surface area contributed by atoms with E-state index < -0.39 is 5.41 Å². The maximum absolute atomic E-state index is 12.8. The summed E-state index contributed by atoms with van der Waals surface area (Å²) < 4.78 is 0. The minimum atomic E-state index is -0.643. The molecule has 2 unspecified atom stereocenters. The van der Waals surface area contributed by atoms with Crippen LogP contribution in [-0.2, 0) is 4.79 Å². The number of hydrogen-bond acceptors (Lipinski definition) is 3. The molecule has 1 aliphatic carbocycles. The van der Waals surface area contributed by atoms with Crippen molar-refractivity contribution in [1.29, 1.82) is 0 Å². The van der Waals surface area contributed by atoms with Crippen molar-refractivity contribution >= 4 is 34.9 Å². The van der Waals surface area contributed by atoms with Crippen LogP contribution in [0, 0.1) is 5.41 Å². The van der Waals surface area contributed by atoms with Gasteiger partial charge in [-0.15, -0.1) is 0 Å². The average molecular weight is 317 g/mol. The summed E-state index contributed by atoms with van der Waals surface area (Å²) in [7, 11) is 0. The first-order valence-electron chi connectivity index (χ1n) is 7.63. The van der Waals surface area contributed by atoms with E-state index in [1.165, 1.54) is 6.42 Å². The van der Waals surface area contributed by atoms with Crippen molar-refractivity contribution in [1.82, 2.24) is 5.32 Å². The topological polar surface area (TPSA) is 55.1 Å². The molecule has 3 nitrogen and oxygen atoms in total. The van der Waals surface area contributed by atoms with E-state index in [4.69, 9.17) is 18.0 Å². The number of amides is 1. The van der Waals surface area contributed by atoms with Crippen molar-refractivity contribution in [2.24, 2.45) is 11.1 Å². The van der Waals surface area contributed by atoms with Gasteiger partial charge in [0.15, 0.2) is 0 Å². The molecule has 1 amide bonds. The molecule has 2 atom stereocenters. The molecule has 0 aromatic rings. The van der Waals surface area contributed by atoms with Crippen molar-refractivity contribution in [3.05, 3.63) is 0 Å². The lowest BCUT2D eigenvalue weighted by Gasteiger charge is -2.32. The van der Waals surface area contributed by atoms with Crippen LogP contribution in [0.15, 0.2) is 0 Å². The summed E-state index contributed by atoms with van der Waals surface area (Å²) in [6.07, 6.45) is 8.81. The van der Waals surface area contributed by atoms with Gasteiger partial charge in [0.1, 0.15) is 0 Å². The van der Waals surface area contributed by atoms with Crippen LogP contribution in [0.1, 0.15) is 58.8 Å². The second-order valence-electron chi connectivity index (χ2n) is 5.79. The molecule has 5 heteroatoms. The Morgan fingerprint density at radius 3 is 2.35 bits per heavy atom. The molecule has 0 aliphatic heterocycles. The fraction of sp³-hybridized carbons (Fsp3) is 0.867. The Balaban J connectivity index is 2.75. The van der Waals surface area contributed by atoms with Gasteiger partial charge in [-0.25, -0.2) is 0 Å². The fourth-order valence-electron chi connectivity index (χ4n) is 3.17. The van der Waals surface area contributed by atoms with Crippen LogP contribution >= 0.6 is 24.0 Å². The lowest BCUT2D eigenvalue weighted by molar-refractivity contribution is -0.128. The largest absolute Gasteiger partial charge is 0.392 e. The van der Waals surface area contributed by atoms with Gasteiger partial charge >= 0.3 is 0 Å². The smallest absolute Gasteiger partial charge is 0.233 e. The van der Waals surface area contributed by atoms with Crippen LogP contribution in [0.2, 0.25) is 0 Å². The first-order valence-corrected chi connectivity index (χ1v) is 9.33. The molecule has 20 heavy (non-hydrogen) atoms. The highest BCUT2D eigenvalue weighted by Crippen LogP contribution is 2.33. The van der Waals surface area contributed by atoms with Crippen molar-refractivity contribution in [2.75, 3.05) is 6.26 Å². The Morgan fingerprint density at radius 1 is 1.35 bits per heavy atom. The predicted molar refractivity (Wildman–Crippen MR) is 92.1 cm³/mol. The maximum atomic E-state index is 12.8. The third-order valence-corrected chi connectivity index (χ3v) is 5.80. The summed E-state index contributed by atoms with van der Waals surface area (Å²) in [6, 6.07) is 0.294. The van der Waals surface area contributed by atoms with E-state index in [1.54, 1.807) is 0 Å². The Kier molecular flexibility index (Phi) is 7.30. The zero-order valence-corrected chi connectivity index (χ0v) is 14.5. The molecule has 0 aromatic carbocycles. The third kappa shape index (κ3) is 4.10. The summed E-state index contributed by atoms with van der Waals surface area (Å²) in [5, 5.41) is 3.89. The molecule has 116 valence electrons. The van der Waals surface area contributed by atoms with Gasteiger partial charge in [-0.1, -0.05) is 38.9 Å². The van der Waals surface area contributed by atoms with E-state index >= 15 is 0 Å². The molecular formula is C15H28N2OS2. The highest BCUT2D eigenvalue weighted by atomic mass is 32.2. The first-order chi connectivity index (χ1) is 9.50. The van der Waals surface area contributed by atoms with Gasteiger partial charge in [-0.3, -0.25) is 4.79 Å². The summed E-state index contributed by atoms with van der Waals surface area (Å²) in [5.41, 5.74) is 5.30. The molecular weight excluding hydrogens is 288 g/mol. The number of carbonyl (C=O) groups is 1. The van der Waals surface area contributed by atoms with E-state index in [1.807, 2.05) is 11.8 Å². The molecule has 0 spiro atoms. The minimum absolute atomic E-state index is 0.0560. The number of hydrogen-bond donors (Lipinski definition) is 2. The molecule has 0 heterocycles. The van der Waals surface area contributed by atoms with E-state index in [2.05, 4.69) is 25.4 Å². The predicted octanol–water partition coefficient (Wildman–Crippen LogP) is 3.26. The van der Waals surface area contributed by atoms with Gasteiger partial charge in [-0.2, -0.15) is 11.8 Å². The minimum Gasteiger partial charge on any atom is -0.392 e. The summed E-state index contributed by atoms with van der Waals surface area (Å²) in [5.74, 6) is 0.0560. The van der Waals surface area contributed by atoms with Crippen LogP contribution in [-0.4, -0.2) is 28.4 Å². The van der Waals surface area contributed by atoms with Crippen LogP contribution in [0.3, 0.4) is 0 Å². The van der Waals surface area contributed by atoms with Crippen LogP contribution in [0.5, 0.6) is 0 Å². The van der Waals surface area contributed by atoms with Crippen LogP contribution in [0.25, 0.3) is 0 Å². The van der Waals surface area contributed by atoms with E-state index in [0.717, 1.165) is 38.5 Å². The zero-order chi connectivity index (χ0) is 15.2. The third-order valence-electron chi connectivity index (χ3n) is 4.31. The molecule has 0 saturated heterocycles. The van der Waals surface area contributed by atoms with Crippen molar-refractivity contribution in [2.45, 2.75) is 70.1 Å². The second kappa shape index (κ2) is 8.23. The number of thiocarbonyl (C=S) groups is 1. The fourth-order valence-corrected chi connectivity index (χ4v) is 4.27. The Morgan fingerprint density at radius 2 is 1.95 bits per heavy atom. The summed E-state index contributed by atoms with van der Waals surface area (Å²) in [4.78, 5) is 13.1. The first kappa shape index (κ1) is 17.8. The van der Waals surface area contributed by atoms with Gasteiger partial charge in [0.25, 0.3) is 0 Å². The summed E-state index contributed by atoms with van der Waals surface area (Å²) in [6.45, 7) is 4.16. The normalized spacial score (nSPS) is 22.8. The van der Waals surface area contributed by atoms with E-state index in [9.17, 15) is 4.79 Å². The molecule has 0 aromatic heterocycles. The highest BCUT2D eigenvalue weighted by Gasteiger charge is 2.41. The number of carbonyl (C=O) groups excluding carboxylic acids is 1. The maximum Gasteiger partial charge on any atom is 0.233 e. The number of nitrogens with one attached hydrogen (secondary N) is 1. The zero-order valence-electron chi connectivity index (χ0n) is 12.9. The van der Waals surface area contributed by atoms with Crippen LogP contribution < -0.4 is 11.1 Å². The monoisotopic (exact) mass is 316 g/mol. The standard InChI is InChI=1S/C15H28N2OS2/c1-4-8-15(9-5-2,13(16)19)14(18)17-11-6-7-12(10-11)20-3/h11-12H,4-10H2,1-3H3,(H2,16,19)(H,17,18). The van der Waals surface area contributed by atoms with Crippen LogP contribution in [0.4, 0.5) is 0 Å². The SMILES string of the molecule is CCCC(CCC)(C(=O)NC1CCC(SC)C1)C(N)=S. The highest BCUT2D eigenvalue weighted by molar-refractivity contribution is 7.99. The lowest BCUT2D eigenvalue weighted by atomic mass is 9.78. The van der Waals surface area contributed by atoms with Gasteiger partial charge in [0, 0.05) is 11.3 Å². The van der Waals surface area contributed by atoms with E-state index in [0.29, 0.717) is 16.3 Å². The molecule has 0 radical (unpaired) electrons. The van der Waals surface area contributed by atoms with Crippen molar-refractivity contribution in [3.63, 3.8) is 0 Å². The molecule has 1 saturated carbocycles. The van der Waals surface area contributed by atoms with Crippen molar-refractivity contribution in [3.8, 4) is 0 Å². The Hall–Kier alpha value is -0.290. The number of nitrogens with two attached hydrogens (primary N) is 1. The average Bonchev–Trinajstić information content (AvgIpc) is 2.85. The molecule has 1 fully saturated rings. The van der Waals surface area contributed by atoms with Gasteiger partial charge in [0.2, 0.25) is 5.91 Å². The van der Waals surface area contributed by atoms with Gasteiger partial charge < -0.3 is 11.1 Å². The van der Waals surface area contributed by atoms with E-state index in [-0.39, 0.29) is 5.91 Å². The van der Waals surface area contributed by atoms with Gasteiger partial charge in [0.05, 0.1) is 10.4 Å². The number of thioether (sulfide) groups is 1. The lowest BCUT2D eigenvalue weighted by Crippen LogP contribution is -2.51. The second-order valence-corrected chi connectivity index (χ2v) is 7.37. The summed E-state index contributed by atoms with van der Waals surface area (Å²) >= 11 is 7.13. The molecule has 1 rings (SSSR count). The molecule has 0 bridgehead atoms. The Bertz CT molecular complexity index is 341. The quantitative estimate of drug-likeness (QED) is 0.675. The van der Waals surface area contributed by atoms with Crippen molar-refractivity contribution < 1.29 is 4.79 Å². The van der Waals surface area contributed by atoms with Gasteiger partial charge in [-0.05, 0) is 38.4 Å².